The van der Waals surface area contributed by atoms with Crippen LogP contribution >= 0.6 is 0 Å². The van der Waals surface area contributed by atoms with Gasteiger partial charge in [-0.15, -0.1) is 0 Å². The summed E-state index contributed by atoms with van der Waals surface area (Å²) in [7, 11) is 3.27. The van der Waals surface area contributed by atoms with Crippen LogP contribution in [0.3, 0.4) is 0 Å². The summed E-state index contributed by atoms with van der Waals surface area (Å²) < 4.78 is 13.0. The third-order valence-electron chi connectivity index (χ3n) is 6.61. The van der Waals surface area contributed by atoms with E-state index < -0.39 is 0 Å². The van der Waals surface area contributed by atoms with Gasteiger partial charge in [0.05, 0.1) is 31.3 Å². The molecule has 8 nitrogen and oxygen atoms in total. The average Bonchev–Trinajstić information content (AvgIpc) is 3.48. The zero-order valence-electron chi connectivity index (χ0n) is 21.3. The van der Waals surface area contributed by atoms with Gasteiger partial charge in [0.1, 0.15) is 5.69 Å². The number of carbonyl (C=O) groups excluding carboxylic acids is 1. The Kier molecular flexibility index (Phi) is 6.26. The number of benzene rings is 2. The second-order valence-electron chi connectivity index (χ2n) is 9.28. The molecule has 3 heterocycles. The summed E-state index contributed by atoms with van der Waals surface area (Å²) in [5.41, 5.74) is 7.53. The lowest BCUT2D eigenvalue weighted by Gasteiger charge is -2.20. The zero-order valence-corrected chi connectivity index (χ0v) is 21.3. The molecule has 1 unspecified atom stereocenters. The number of hydrogen-bond acceptors (Lipinski definition) is 6. The minimum Gasteiger partial charge on any atom is -0.493 e. The van der Waals surface area contributed by atoms with E-state index in [9.17, 15) is 4.79 Å². The first-order chi connectivity index (χ1) is 17.4. The summed E-state index contributed by atoms with van der Waals surface area (Å²) in [6.07, 6.45) is 0.890. The van der Waals surface area contributed by atoms with Crippen molar-refractivity contribution in [3.8, 4) is 34.0 Å². The highest BCUT2D eigenvalue weighted by molar-refractivity contribution is 5.86. The number of nitrogens with one attached hydrogen (secondary N) is 1. The number of anilines is 1. The molecular formula is C28H31N5O3. The molecule has 0 spiro atoms. The van der Waals surface area contributed by atoms with E-state index in [1.807, 2.05) is 29.6 Å². The summed E-state index contributed by atoms with van der Waals surface area (Å²) in [6.45, 7) is 7.20. The van der Waals surface area contributed by atoms with Crippen LogP contribution in [0.1, 0.15) is 24.6 Å². The van der Waals surface area contributed by atoms with Gasteiger partial charge >= 0.3 is 0 Å². The predicted octanol–water partition coefficient (Wildman–Crippen LogP) is 4.41. The molecule has 4 aromatic rings. The Balaban J connectivity index is 1.72. The Morgan fingerprint density at radius 2 is 1.72 bits per heavy atom. The van der Waals surface area contributed by atoms with Gasteiger partial charge in [0.15, 0.2) is 17.1 Å². The highest BCUT2D eigenvalue weighted by Crippen LogP contribution is 2.39. The van der Waals surface area contributed by atoms with Crippen LogP contribution in [-0.4, -0.2) is 53.9 Å². The van der Waals surface area contributed by atoms with Crippen LogP contribution in [0, 0.1) is 13.8 Å². The lowest BCUT2D eigenvalue weighted by Crippen LogP contribution is -2.35. The maximum atomic E-state index is 11.6. The molecule has 1 saturated heterocycles. The van der Waals surface area contributed by atoms with Crippen molar-refractivity contribution in [3.63, 3.8) is 0 Å². The molecule has 1 fully saturated rings. The molecule has 0 saturated carbocycles. The minimum atomic E-state index is -0.00360. The van der Waals surface area contributed by atoms with Crippen molar-refractivity contribution in [2.45, 2.75) is 33.2 Å². The third-order valence-corrected chi connectivity index (χ3v) is 6.61. The molecule has 0 bridgehead atoms. The summed E-state index contributed by atoms with van der Waals surface area (Å²) >= 11 is 0. The second kappa shape index (κ2) is 9.53. The molecule has 1 atom stereocenters. The highest BCUT2D eigenvalue weighted by atomic mass is 16.5. The standard InChI is InChI=1S/C28H31N5O3/c1-17-6-8-20(9-7-17)26-27(21-10-11-24(35-4)25(15-21)36-5)33-28(30-26)23(14-18(2)31-33)32-13-12-22(16-32)29-19(3)34/h6-11,14-15,22H,12-13,16H2,1-5H3,(H,29,34). The van der Waals surface area contributed by atoms with E-state index in [1.54, 1.807) is 21.1 Å². The molecule has 1 aliphatic heterocycles. The molecule has 1 aliphatic rings. The molecule has 2 aromatic carbocycles. The third kappa shape index (κ3) is 4.34. The number of aryl methyl sites for hydroxylation is 2. The number of rotatable bonds is 6. The minimum absolute atomic E-state index is 0.00360. The fraction of sp³-hybridized carbons (Fsp3) is 0.321. The van der Waals surface area contributed by atoms with Crippen molar-refractivity contribution in [1.29, 1.82) is 0 Å². The van der Waals surface area contributed by atoms with Crippen LogP contribution < -0.4 is 19.7 Å². The van der Waals surface area contributed by atoms with E-state index in [2.05, 4.69) is 47.5 Å². The summed E-state index contributed by atoms with van der Waals surface area (Å²) in [5.74, 6) is 1.30. The SMILES string of the molecule is COc1ccc(-c2c(-c3ccc(C)cc3)nc3c(N4CCC(NC(C)=O)C4)cc(C)nn23)cc1OC. The first kappa shape index (κ1) is 23.7. The van der Waals surface area contributed by atoms with Crippen LogP contribution in [0.25, 0.3) is 28.2 Å². The lowest BCUT2D eigenvalue weighted by molar-refractivity contribution is -0.119. The number of carbonyl (C=O) groups is 1. The van der Waals surface area contributed by atoms with Gasteiger partial charge in [-0.3, -0.25) is 4.79 Å². The number of ether oxygens (including phenoxy) is 2. The van der Waals surface area contributed by atoms with Crippen LogP contribution in [-0.2, 0) is 4.79 Å². The number of nitrogens with zero attached hydrogens (tertiary/aromatic N) is 4. The first-order valence-electron chi connectivity index (χ1n) is 12.1. The van der Waals surface area contributed by atoms with Crippen LogP contribution in [0.4, 0.5) is 5.69 Å². The van der Waals surface area contributed by atoms with Crippen molar-refractivity contribution in [2.24, 2.45) is 0 Å². The van der Waals surface area contributed by atoms with E-state index in [4.69, 9.17) is 19.6 Å². The van der Waals surface area contributed by atoms with Gasteiger partial charge in [-0.05, 0) is 44.5 Å². The molecule has 0 radical (unpaired) electrons. The topological polar surface area (TPSA) is 81.0 Å². The molecule has 1 amide bonds. The van der Waals surface area contributed by atoms with E-state index in [0.29, 0.717) is 11.5 Å². The second-order valence-corrected chi connectivity index (χ2v) is 9.28. The Hall–Kier alpha value is -4.07. The van der Waals surface area contributed by atoms with Gasteiger partial charge in [-0.1, -0.05) is 29.8 Å². The highest BCUT2D eigenvalue weighted by Gasteiger charge is 2.28. The van der Waals surface area contributed by atoms with Crippen molar-refractivity contribution in [2.75, 3.05) is 32.2 Å². The van der Waals surface area contributed by atoms with Crippen molar-refractivity contribution < 1.29 is 14.3 Å². The van der Waals surface area contributed by atoms with Gasteiger partial charge < -0.3 is 19.7 Å². The van der Waals surface area contributed by atoms with Crippen LogP contribution in [0.15, 0.2) is 48.5 Å². The summed E-state index contributed by atoms with van der Waals surface area (Å²) in [6, 6.07) is 16.4. The molecule has 36 heavy (non-hydrogen) atoms. The van der Waals surface area contributed by atoms with E-state index in [0.717, 1.165) is 59.1 Å². The number of amides is 1. The van der Waals surface area contributed by atoms with Crippen molar-refractivity contribution in [3.05, 3.63) is 59.8 Å². The average molecular weight is 486 g/mol. The number of hydrogen-bond donors (Lipinski definition) is 1. The first-order valence-corrected chi connectivity index (χ1v) is 12.1. The van der Waals surface area contributed by atoms with Gasteiger partial charge in [0.2, 0.25) is 5.91 Å². The quantitative estimate of drug-likeness (QED) is 0.436. The van der Waals surface area contributed by atoms with Crippen molar-refractivity contribution >= 4 is 17.2 Å². The maximum absolute atomic E-state index is 11.6. The van der Waals surface area contributed by atoms with Crippen LogP contribution in [0.5, 0.6) is 11.5 Å². The zero-order chi connectivity index (χ0) is 25.4. The van der Waals surface area contributed by atoms with E-state index in [1.165, 1.54) is 5.56 Å². The van der Waals surface area contributed by atoms with Crippen LogP contribution in [0.2, 0.25) is 0 Å². The van der Waals surface area contributed by atoms with Gasteiger partial charge in [0.25, 0.3) is 0 Å². The van der Waals surface area contributed by atoms with Gasteiger partial charge in [0, 0.05) is 37.2 Å². The molecule has 0 aliphatic carbocycles. The van der Waals surface area contributed by atoms with Gasteiger partial charge in [-0.25, -0.2) is 9.50 Å². The summed E-state index contributed by atoms with van der Waals surface area (Å²) in [4.78, 5) is 19.1. The smallest absolute Gasteiger partial charge is 0.217 e. The van der Waals surface area contributed by atoms with Gasteiger partial charge in [-0.2, -0.15) is 5.10 Å². The molecule has 8 heteroatoms. The normalized spacial score (nSPS) is 15.4. The molecule has 186 valence electrons. The largest absolute Gasteiger partial charge is 0.493 e. The lowest BCUT2D eigenvalue weighted by atomic mass is 10.0. The molecular weight excluding hydrogens is 454 g/mol. The summed E-state index contributed by atoms with van der Waals surface area (Å²) in [5, 5.41) is 7.95. The Morgan fingerprint density at radius 1 is 1.00 bits per heavy atom. The molecule has 5 rings (SSSR count). The number of imidazole rings is 1. The van der Waals surface area contributed by atoms with E-state index >= 15 is 0 Å². The van der Waals surface area contributed by atoms with Crippen molar-refractivity contribution in [1.82, 2.24) is 19.9 Å². The number of methoxy groups -OCH3 is 2. The number of fused-ring (bicyclic) bond motifs is 1. The molecule has 2 aromatic heterocycles. The fourth-order valence-corrected chi connectivity index (χ4v) is 4.90. The Labute approximate surface area is 210 Å². The molecule has 1 N–H and O–H groups in total. The maximum Gasteiger partial charge on any atom is 0.217 e. The Bertz CT molecular complexity index is 1430. The predicted molar refractivity (Wildman–Crippen MR) is 141 cm³/mol. The monoisotopic (exact) mass is 485 g/mol. The Morgan fingerprint density at radius 3 is 2.42 bits per heavy atom. The van der Waals surface area contributed by atoms with E-state index in [-0.39, 0.29) is 11.9 Å². The number of aromatic nitrogens is 3. The fourth-order valence-electron chi connectivity index (χ4n) is 4.90.